The average Bonchev–Trinajstić information content (AvgIpc) is 2.71. The van der Waals surface area contributed by atoms with Crippen LogP contribution in [0.4, 0.5) is 0 Å². The number of primary amides is 1. The van der Waals surface area contributed by atoms with Gasteiger partial charge in [-0.3, -0.25) is 4.79 Å². The molecule has 0 radical (unpaired) electrons. The van der Waals surface area contributed by atoms with Gasteiger partial charge in [0.1, 0.15) is 4.99 Å². The monoisotopic (exact) mass is 261 g/mol. The van der Waals surface area contributed by atoms with E-state index in [2.05, 4.69) is 0 Å². The first kappa shape index (κ1) is 12.6. The Kier molecular flexibility index (Phi) is 3.34. The van der Waals surface area contributed by atoms with E-state index in [0.29, 0.717) is 11.5 Å². The topological polar surface area (TPSA) is 74.0 Å². The molecule has 0 saturated heterocycles. The molecule has 0 aliphatic rings. The molecular weight excluding hydrogens is 246 g/mol. The lowest BCUT2D eigenvalue weighted by atomic mass is 10.1. The number of amides is 1. The van der Waals surface area contributed by atoms with E-state index >= 15 is 0 Å². The fraction of sp³-hybridized carbons (Fsp3) is 0.231. The van der Waals surface area contributed by atoms with E-state index in [0.717, 1.165) is 16.5 Å². The van der Waals surface area contributed by atoms with Gasteiger partial charge in [0.15, 0.2) is 0 Å². The highest BCUT2D eigenvalue weighted by Gasteiger charge is 2.11. The van der Waals surface area contributed by atoms with Crippen LogP contribution in [0.25, 0.3) is 10.9 Å². The van der Waals surface area contributed by atoms with Crippen molar-refractivity contribution in [1.82, 2.24) is 4.57 Å². The van der Waals surface area contributed by atoms with Crippen molar-refractivity contribution in [1.29, 1.82) is 0 Å². The standard InChI is InChI=1S/C13H15N3OS/c1-8(12(14)17)7-16-5-4-9-6-10(13(15)18)2-3-11(9)16/h2-6,8H,7H2,1H3,(H2,14,17)(H2,15,18). The number of nitrogens with zero attached hydrogens (tertiary/aromatic N) is 1. The van der Waals surface area contributed by atoms with Crippen molar-refractivity contribution >= 4 is 34.0 Å². The van der Waals surface area contributed by atoms with Gasteiger partial charge in [0.25, 0.3) is 0 Å². The summed E-state index contributed by atoms with van der Waals surface area (Å²) in [6, 6.07) is 7.77. The molecule has 5 heteroatoms. The van der Waals surface area contributed by atoms with Gasteiger partial charge in [-0.25, -0.2) is 0 Å². The van der Waals surface area contributed by atoms with Crippen LogP contribution in [-0.2, 0) is 11.3 Å². The Morgan fingerprint density at radius 3 is 2.72 bits per heavy atom. The van der Waals surface area contributed by atoms with Crippen LogP contribution in [0.1, 0.15) is 12.5 Å². The van der Waals surface area contributed by atoms with E-state index in [1.54, 1.807) is 0 Å². The summed E-state index contributed by atoms with van der Waals surface area (Å²) >= 11 is 4.95. The number of rotatable bonds is 4. The summed E-state index contributed by atoms with van der Waals surface area (Å²) in [7, 11) is 0. The second kappa shape index (κ2) is 4.78. The minimum absolute atomic E-state index is 0.198. The van der Waals surface area contributed by atoms with Gasteiger partial charge in [-0.2, -0.15) is 0 Å². The predicted octanol–water partition coefficient (Wildman–Crippen LogP) is 1.40. The van der Waals surface area contributed by atoms with Gasteiger partial charge < -0.3 is 16.0 Å². The first-order valence-corrected chi connectivity index (χ1v) is 6.08. The van der Waals surface area contributed by atoms with E-state index < -0.39 is 0 Å². The molecule has 0 spiro atoms. The number of thiocarbonyl (C=S) groups is 1. The molecule has 1 heterocycles. The minimum Gasteiger partial charge on any atom is -0.389 e. The Labute approximate surface area is 111 Å². The zero-order valence-electron chi connectivity index (χ0n) is 10.1. The maximum absolute atomic E-state index is 11.1. The number of fused-ring (bicyclic) bond motifs is 1. The number of hydrogen-bond acceptors (Lipinski definition) is 2. The van der Waals surface area contributed by atoms with E-state index in [-0.39, 0.29) is 11.8 Å². The molecule has 0 aliphatic carbocycles. The molecule has 2 rings (SSSR count). The van der Waals surface area contributed by atoms with Crippen molar-refractivity contribution in [2.24, 2.45) is 17.4 Å². The molecule has 0 fully saturated rings. The van der Waals surface area contributed by atoms with Gasteiger partial charge in [-0.05, 0) is 24.3 Å². The fourth-order valence-electron chi connectivity index (χ4n) is 1.90. The third-order valence-corrected chi connectivity index (χ3v) is 3.25. The fourth-order valence-corrected chi connectivity index (χ4v) is 2.02. The second-order valence-corrected chi connectivity index (χ2v) is 4.85. The smallest absolute Gasteiger partial charge is 0.222 e. The highest BCUT2D eigenvalue weighted by molar-refractivity contribution is 7.80. The van der Waals surface area contributed by atoms with Crippen molar-refractivity contribution in [3.63, 3.8) is 0 Å². The Morgan fingerprint density at radius 1 is 1.39 bits per heavy atom. The van der Waals surface area contributed by atoms with Crippen LogP contribution in [0.2, 0.25) is 0 Å². The summed E-state index contributed by atoms with van der Waals surface area (Å²) in [6.45, 7) is 2.39. The van der Waals surface area contributed by atoms with E-state index in [9.17, 15) is 4.79 Å². The molecule has 1 aromatic heterocycles. The average molecular weight is 261 g/mol. The number of nitrogens with two attached hydrogens (primary N) is 2. The van der Waals surface area contributed by atoms with E-state index in [4.69, 9.17) is 23.7 Å². The van der Waals surface area contributed by atoms with Crippen molar-refractivity contribution < 1.29 is 4.79 Å². The lowest BCUT2D eigenvalue weighted by Crippen LogP contribution is -2.24. The Balaban J connectivity index is 2.37. The summed E-state index contributed by atoms with van der Waals surface area (Å²) in [6.07, 6.45) is 1.94. The molecule has 4 N–H and O–H groups in total. The summed E-state index contributed by atoms with van der Waals surface area (Å²) < 4.78 is 2.01. The number of carbonyl (C=O) groups is 1. The molecule has 18 heavy (non-hydrogen) atoms. The normalized spacial score (nSPS) is 12.5. The number of hydrogen-bond donors (Lipinski definition) is 2. The van der Waals surface area contributed by atoms with Gasteiger partial charge >= 0.3 is 0 Å². The predicted molar refractivity (Wildman–Crippen MR) is 76.2 cm³/mol. The summed E-state index contributed by atoms with van der Waals surface area (Å²) in [5, 5.41) is 1.05. The lowest BCUT2D eigenvalue weighted by Gasteiger charge is -2.10. The molecule has 94 valence electrons. The summed E-state index contributed by atoms with van der Waals surface area (Å²) in [5.74, 6) is -0.493. The Morgan fingerprint density at radius 2 is 2.11 bits per heavy atom. The molecule has 1 amide bonds. The van der Waals surface area contributed by atoms with Gasteiger partial charge in [0, 0.05) is 29.2 Å². The Bertz CT molecular complexity index is 618. The maximum Gasteiger partial charge on any atom is 0.222 e. The quantitative estimate of drug-likeness (QED) is 0.817. The van der Waals surface area contributed by atoms with Crippen LogP contribution in [0.5, 0.6) is 0 Å². The van der Waals surface area contributed by atoms with Crippen LogP contribution in [0.15, 0.2) is 30.5 Å². The first-order chi connectivity index (χ1) is 8.49. The van der Waals surface area contributed by atoms with Crippen LogP contribution < -0.4 is 11.5 Å². The van der Waals surface area contributed by atoms with Crippen molar-refractivity contribution in [3.8, 4) is 0 Å². The van der Waals surface area contributed by atoms with Gasteiger partial charge in [-0.1, -0.05) is 19.1 Å². The molecule has 0 aliphatic heterocycles. The third kappa shape index (κ3) is 2.36. The van der Waals surface area contributed by atoms with Gasteiger partial charge in [0.05, 0.1) is 5.92 Å². The highest BCUT2D eigenvalue weighted by Crippen LogP contribution is 2.19. The molecule has 0 saturated carbocycles. The number of aromatic nitrogens is 1. The molecule has 1 unspecified atom stereocenters. The Hall–Kier alpha value is -1.88. The third-order valence-electron chi connectivity index (χ3n) is 3.01. The van der Waals surface area contributed by atoms with Gasteiger partial charge in [-0.15, -0.1) is 0 Å². The molecule has 2 aromatic rings. The van der Waals surface area contributed by atoms with Crippen LogP contribution in [-0.4, -0.2) is 15.5 Å². The van der Waals surface area contributed by atoms with Crippen LogP contribution in [0, 0.1) is 5.92 Å². The maximum atomic E-state index is 11.1. The SMILES string of the molecule is CC(Cn1ccc2cc(C(N)=S)ccc21)C(N)=O. The zero-order chi connectivity index (χ0) is 13.3. The molecule has 1 atom stereocenters. The first-order valence-electron chi connectivity index (χ1n) is 5.67. The summed E-state index contributed by atoms with van der Waals surface area (Å²) in [5.41, 5.74) is 12.8. The van der Waals surface area contributed by atoms with Crippen molar-refractivity contribution in [2.75, 3.05) is 0 Å². The van der Waals surface area contributed by atoms with Crippen LogP contribution in [0.3, 0.4) is 0 Å². The molecule has 1 aromatic carbocycles. The highest BCUT2D eigenvalue weighted by atomic mass is 32.1. The second-order valence-electron chi connectivity index (χ2n) is 4.41. The minimum atomic E-state index is -0.295. The molecule has 4 nitrogen and oxygen atoms in total. The largest absolute Gasteiger partial charge is 0.389 e. The molecular formula is C13H15N3OS. The zero-order valence-corrected chi connectivity index (χ0v) is 10.9. The number of carbonyl (C=O) groups excluding carboxylic acids is 1. The van der Waals surface area contributed by atoms with Crippen molar-refractivity contribution in [3.05, 3.63) is 36.0 Å². The lowest BCUT2D eigenvalue weighted by molar-refractivity contribution is -0.121. The van der Waals surface area contributed by atoms with Crippen LogP contribution >= 0.6 is 12.2 Å². The van der Waals surface area contributed by atoms with E-state index in [1.165, 1.54) is 0 Å². The van der Waals surface area contributed by atoms with Crippen molar-refractivity contribution in [2.45, 2.75) is 13.5 Å². The molecule has 0 bridgehead atoms. The summed E-state index contributed by atoms with van der Waals surface area (Å²) in [4.78, 5) is 11.5. The van der Waals surface area contributed by atoms with Gasteiger partial charge in [0.2, 0.25) is 5.91 Å². The van der Waals surface area contributed by atoms with E-state index in [1.807, 2.05) is 42.0 Å². The number of benzene rings is 1.